The molecule has 2 aromatic rings. The molecule has 1 fully saturated rings. The molecule has 0 radical (unpaired) electrons. The Morgan fingerprint density at radius 3 is 2.48 bits per heavy atom. The van der Waals surface area contributed by atoms with Crippen LogP contribution in [0.2, 0.25) is 0 Å². The molecule has 0 amide bonds. The van der Waals surface area contributed by atoms with E-state index in [1.165, 1.54) is 22.4 Å². The molecule has 0 saturated carbocycles. The van der Waals surface area contributed by atoms with Crippen LogP contribution < -0.4 is 0 Å². The summed E-state index contributed by atoms with van der Waals surface area (Å²) in [5.74, 6) is -0.696. The van der Waals surface area contributed by atoms with Gasteiger partial charge in [-0.3, -0.25) is 14.4 Å². The Morgan fingerprint density at radius 1 is 1.20 bits per heavy atom. The maximum Gasteiger partial charge on any atom is 0.310 e. The number of carboxylic acids is 1. The van der Waals surface area contributed by atoms with Gasteiger partial charge in [-0.15, -0.1) is 0 Å². The second-order valence-electron chi connectivity index (χ2n) is 7.62. The van der Waals surface area contributed by atoms with E-state index in [9.17, 15) is 9.90 Å². The van der Waals surface area contributed by atoms with Crippen molar-refractivity contribution >= 4 is 5.97 Å². The topological polar surface area (TPSA) is 58.4 Å². The summed E-state index contributed by atoms with van der Waals surface area (Å²) in [5, 5.41) is 14.1. The minimum absolute atomic E-state index is 0.602. The van der Waals surface area contributed by atoms with Crippen LogP contribution >= 0.6 is 0 Å². The van der Waals surface area contributed by atoms with Crippen molar-refractivity contribution in [3.63, 3.8) is 0 Å². The van der Waals surface area contributed by atoms with E-state index in [2.05, 4.69) is 47.7 Å². The minimum atomic E-state index is -0.696. The first-order valence-electron chi connectivity index (χ1n) is 8.83. The highest BCUT2D eigenvalue weighted by atomic mass is 16.4. The van der Waals surface area contributed by atoms with Gasteiger partial charge in [0.2, 0.25) is 0 Å². The smallest absolute Gasteiger partial charge is 0.310 e. The third-order valence-corrected chi connectivity index (χ3v) is 5.43. The summed E-state index contributed by atoms with van der Waals surface area (Å²) < 4.78 is 2.06. The quantitative estimate of drug-likeness (QED) is 0.907. The molecular formula is C20H27N3O2. The van der Waals surface area contributed by atoms with E-state index < -0.39 is 11.4 Å². The predicted octanol–water partition coefficient (Wildman–Crippen LogP) is 3.15. The number of aromatic nitrogens is 2. The molecule has 1 unspecified atom stereocenters. The van der Waals surface area contributed by atoms with Crippen LogP contribution in [0.5, 0.6) is 0 Å². The van der Waals surface area contributed by atoms with Crippen LogP contribution in [0.1, 0.15) is 41.4 Å². The van der Waals surface area contributed by atoms with Gasteiger partial charge in [0.1, 0.15) is 0 Å². The normalized spacial score (nSPS) is 21.0. The first kappa shape index (κ1) is 17.7. The van der Waals surface area contributed by atoms with Crippen LogP contribution in [0.3, 0.4) is 0 Å². The van der Waals surface area contributed by atoms with E-state index in [-0.39, 0.29) is 0 Å². The highest BCUT2D eigenvalue weighted by Crippen LogP contribution is 2.31. The molecule has 1 aliphatic rings. The van der Waals surface area contributed by atoms with Crippen LogP contribution in [0.25, 0.3) is 0 Å². The molecule has 1 aliphatic heterocycles. The number of rotatable bonds is 5. The number of carboxylic acid groups (broad SMARTS) is 1. The molecule has 1 atom stereocenters. The number of hydrogen-bond donors (Lipinski definition) is 1. The van der Waals surface area contributed by atoms with Crippen LogP contribution in [0.15, 0.2) is 24.3 Å². The lowest BCUT2D eigenvalue weighted by Crippen LogP contribution is -2.31. The zero-order valence-electron chi connectivity index (χ0n) is 15.5. The molecule has 3 rings (SSSR count). The summed E-state index contributed by atoms with van der Waals surface area (Å²) in [6.45, 7) is 11.0. The molecular weight excluding hydrogens is 314 g/mol. The zero-order chi connectivity index (χ0) is 18.2. The van der Waals surface area contributed by atoms with E-state index >= 15 is 0 Å². The SMILES string of the molecule is Cc1ccc(Cn2nc(C)c(CN3CCC(C)(C(=O)O)C3)c2C)cc1. The van der Waals surface area contributed by atoms with Gasteiger partial charge in [-0.1, -0.05) is 29.8 Å². The summed E-state index contributed by atoms with van der Waals surface area (Å²) in [5.41, 5.74) is 5.30. The van der Waals surface area contributed by atoms with Gasteiger partial charge in [0.15, 0.2) is 0 Å². The summed E-state index contributed by atoms with van der Waals surface area (Å²) >= 11 is 0. The number of hydrogen-bond acceptors (Lipinski definition) is 3. The van der Waals surface area contributed by atoms with Crippen LogP contribution in [-0.2, 0) is 17.9 Å². The highest BCUT2D eigenvalue weighted by Gasteiger charge is 2.40. The first-order valence-corrected chi connectivity index (χ1v) is 8.83. The number of nitrogens with zero attached hydrogens (tertiary/aromatic N) is 3. The van der Waals surface area contributed by atoms with Crippen molar-refractivity contribution < 1.29 is 9.90 Å². The Kier molecular flexibility index (Phi) is 4.69. The number of aryl methyl sites for hydroxylation is 2. The van der Waals surface area contributed by atoms with Crippen LogP contribution in [-0.4, -0.2) is 38.8 Å². The van der Waals surface area contributed by atoms with Gasteiger partial charge in [0, 0.05) is 24.3 Å². The average molecular weight is 341 g/mol. The van der Waals surface area contributed by atoms with Gasteiger partial charge in [0.05, 0.1) is 17.7 Å². The van der Waals surface area contributed by atoms with Gasteiger partial charge in [-0.25, -0.2) is 0 Å². The Morgan fingerprint density at radius 2 is 1.88 bits per heavy atom. The largest absolute Gasteiger partial charge is 0.481 e. The highest BCUT2D eigenvalue weighted by molar-refractivity contribution is 5.74. The fourth-order valence-electron chi connectivity index (χ4n) is 3.57. The lowest BCUT2D eigenvalue weighted by Gasteiger charge is -2.20. The average Bonchev–Trinajstić information content (AvgIpc) is 3.06. The van der Waals surface area contributed by atoms with E-state index in [1.54, 1.807) is 0 Å². The molecule has 5 heteroatoms. The Bertz CT molecular complexity index is 779. The maximum atomic E-state index is 11.4. The molecule has 0 spiro atoms. The van der Waals surface area contributed by atoms with Gasteiger partial charge >= 0.3 is 5.97 Å². The predicted molar refractivity (Wildman–Crippen MR) is 97.6 cm³/mol. The maximum absolute atomic E-state index is 11.4. The second-order valence-corrected chi connectivity index (χ2v) is 7.62. The molecule has 1 N–H and O–H groups in total. The second kappa shape index (κ2) is 6.64. The lowest BCUT2D eigenvalue weighted by atomic mass is 9.90. The van der Waals surface area contributed by atoms with E-state index in [1.807, 2.05) is 13.8 Å². The van der Waals surface area contributed by atoms with Gasteiger partial charge in [-0.05, 0) is 46.2 Å². The molecule has 2 heterocycles. The van der Waals surface area contributed by atoms with Crippen molar-refractivity contribution in [2.24, 2.45) is 5.41 Å². The van der Waals surface area contributed by atoms with Gasteiger partial charge in [0.25, 0.3) is 0 Å². The molecule has 134 valence electrons. The van der Waals surface area contributed by atoms with Crippen LogP contribution in [0.4, 0.5) is 0 Å². The Labute approximate surface area is 149 Å². The van der Waals surface area contributed by atoms with Crippen molar-refractivity contribution in [1.29, 1.82) is 0 Å². The molecule has 25 heavy (non-hydrogen) atoms. The van der Waals surface area contributed by atoms with Crippen molar-refractivity contribution in [2.75, 3.05) is 13.1 Å². The van der Waals surface area contributed by atoms with E-state index in [0.29, 0.717) is 13.0 Å². The number of aliphatic carboxylic acids is 1. The van der Waals surface area contributed by atoms with Crippen LogP contribution in [0, 0.1) is 26.2 Å². The number of carbonyl (C=O) groups is 1. The molecule has 1 aromatic heterocycles. The Hall–Kier alpha value is -2.14. The Balaban J connectivity index is 1.74. The number of likely N-dealkylation sites (tertiary alicyclic amines) is 1. The summed E-state index contributed by atoms with van der Waals surface area (Å²) in [6, 6.07) is 8.53. The van der Waals surface area contributed by atoms with E-state index in [0.717, 1.165) is 25.3 Å². The van der Waals surface area contributed by atoms with E-state index in [4.69, 9.17) is 5.10 Å². The molecule has 0 aliphatic carbocycles. The van der Waals surface area contributed by atoms with Gasteiger partial charge in [-0.2, -0.15) is 5.10 Å². The monoisotopic (exact) mass is 341 g/mol. The first-order chi connectivity index (χ1) is 11.8. The van der Waals surface area contributed by atoms with Gasteiger partial charge < -0.3 is 5.11 Å². The summed E-state index contributed by atoms with van der Waals surface area (Å²) in [6.07, 6.45) is 0.706. The molecule has 5 nitrogen and oxygen atoms in total. The number of benzene rings is 1. The standard InChI is InChI=1S/C20H27N3O2/c1-14-5-7-17(8-6-14)11-23-16(3)18(15(2)21-23)12-22-10-9-20(4,13-22)19(24)25/h5-8H,9-13H2,1-4H3,(H,24,25). The zero-order valence-corrected chi connectivity index (χ0v) is 15.5. The third-order valence-electron chi connectivity index (χ3n) is 5.43. The molecule has 0 bridgehead atoms. The summed E-state index contributed by atoms with van der Waals surface area (Å²) in [7, 11) is 0. The van der Waals surface area contributed by atoms with Crippen molar-refractivity contribution in [3.05, 3.63) is 52.3 Å². The molecule has 1 aromatic carbocycles. The summed E-state index contributed by atoms with van der Waals surface area (Å²) in [4.78, 5) is 13.7. The van der Waals surface area contributed by atoms with Crippen molar-refractivity contribution in [1.82, 2.24) is 14.7 Å². The molecule has 1 saturated heterocycles. The lowest BCUT2D eigenvalue weighted by molar-refractivity contribution is -0.147. The van der Waals surface area contributed by atoms with Crippen molar-refractivity contribution in [3.8, 4) is 0 Å². The fourth-order valence-corrected chi connectivity index (χ4v) is 3.57. The minimum Gasteiger partial charge on any atom is -0.481 e. The fraction of sp³-hybridized carbons (Fsp3) is 0.500. The third kappa shape index (κ3) is 3.61. The van der Waals surface area contributed by atoms with Crippen molar-refractivity contribution in [2.45, 2.75) is 47.2 Å².